The maximum atomic E-state index is 13.2. The van der Waals surface area contributed by atoms with E-state index in [9.17, 15) is 18.0 Å². The fourth-order valence-corrected chi connectivity index (χ4v) is 2.92. The lowest BCUT2D eigenvalue weighted by atomic mass is 10.1. The number of hydrogen-bond donors (Lipinski definition) is 1. The van der Waals surface area contributed by atoms with Crippen LogP contribution in [0, 0.1) is 0 Å². The number of halogens is 3. The van der Waals surface area contributed by atoms with Crippen molar-refractivity contribution in [3.63, 3.8) is 0 Å². The van der Waals surface area contributed by atoms with Gasteiger partial charge in [0.15, 0.2) is 10.7 Å². The van der Waals surface area contributed by atoms with Crippen molar-refractivity contribution in [1.29, 1.82) is 0 Å². The Bertz CT molecular complexity index is 839. The van der Waals surface area contributed by atoms with E-state index in [2.05, 4.69) is 20.6 Å². The quantitative estimate of drug-likeness (QED) is 0.791. The first-order valence-corrected chi connectivity index (χ1v) is 9.06. The van der Waals surface area contributed by atoms with Crippen LogP contribution in [-0.4, -0.2) is 44.3 Å². The first-order chi connectivity index (χ1) is 12.7. The third-order valence-electron chi connectivity index (χ3n) is 3.25. The Kier molecular flexibility index (Phi) is 5.93. The molecule has 0 aliphatic rings. The summed E-state index contributed by atoms with van der Waals surface area (Å²) < 4.78 is 50.8. The first kappa shape index (κ1) is 21.9. The van der Waals surface area contributed by atoms with E-state index in [1.54, 1.807) is 34.6 Å². The highest BCUT2D eigenvalue weighted by Crippen LogP contribution is 2.34. The van der Waals surface area contributed by atoms with Gasteiger partial charge in [-0.1, -0.05) is 16.4 Å². The summed E-state index contributed by atoms with van der Waals surface area (Å²) in [6.45, 7) is 8.38. The highest BCUT2D eigenvalue weighted by Gasteiger charge is 2.36. The SMILES string of the molecule is COc1nnc(-c2cc(C(F)(F)F)nn2CC(C)(C)NC(=O)OC(C)(C)C)s1. The van der Waals surface area contributed by atoms with Gasteiger partial charge >= 0.3 is 12.3 Å². The number of alkyl halides is 3. The number of carbonyl (C=O) groups excluding carboxylic acids is 1. The largest absolute Gasteiger partial charge is 0.472 e. The van der Waals surface area contributed by atoms with Crippen LogP contribution < -0.4 is 10.1 Å². The average molecular weight is 421 g/mol. The minimum absolute atomic E-state index is 0.0560. The van der Waals surface area contributed by atoms with E-state index in [1.165, 1.54) is 7.11 Å². The molecule has 1 N–H and O–H groups in total. The van der Waals surface area contributed by atoms with Crippen LogP contribution in [0.15, 0.2) is 6.07 Å². The number of rotatable bonds is 5. The lowest BCUT2D eigenvalue weighted by Gasteiger charge is -2.29. The molecule has 2 rings (SSSR count). The molecule has 0 radical (unpaired) electrons. The summed E-state index contributed by atoms with van der Waals surface area (Å²) in [4.78, 5) is 12.0. The summed E-state index contributed by atoms with van der Waals surface area (Å²) in [6.07, 6.45) is -5.31. The number of hydrogen-bond acceptors (Lipinski definition) is 7. The average Bonchev–Trinajstić information content (AvgIpc) is 3.09. The summed E-state index contributed by atoms with van der Waals surface area (Å²) in [6, 6.07) is 0.892. The number of aromatic nitrogens is 4. The number of nitrogens with one attached hydrogen (secondary N) is 1. The molecule has 0 fully saturated rings. The highest BCUT2D eigenvalue weighted by atomic mass is 32.1. The van der Waals surface area contributed by atoms with Crippen LogP contribution in [0.3, 0.4) is 0 Å². The second-order valence-corrected chi connectivity index (χ2v) is 8.60. The molecule has 156 valence electrons. The molecule has 0 saturated carbocycles. The highest BCUT2D eigenvalue weighted by molar-refractivity contribution is 7.16. The Balaban J connectivity index is 2.32. The summed E-state index contributed by atoms with van der Waals surface area (Å²) in [5, 5.41) is 14.3. The van der Waals surface area contributed by atoms with Crippen LogP contribution in [0.2, 0.25) is 0 Å². The lowest BCUT2D eigenvalue weighted by molar-refractivity contribution is -0.141. The molecule has 0 unspecified atom stereocenters. The van der Waals surface area contributed by atoms with Crippen LogP contribution >= 0.6 is 11.3 Å². The Labute approximate surface area is 164 Å². The summed E-state index contributed by atoms with van der Waals surface area (Å²) in [5.41, 5.74) is -2.61. The Hall–Kier alpha value is -2.37. The normalized spacial score (nSPS) is 12.8. The molecular formula is C16H22F3N5O3S. The van der Waals surface area contributed by atoms with Gasteiger partial charge in [0.2, 0.25) is 0 Å². The number of alkyl carbamates (subject to hydrolysis) is 1. The first-order valence-electron chi connectivity index (χ1n) is 8.24. The summed E-state index contributed by atoms with van der Waals surface area (Å²) in [5.74, 6) is 0. The molecule has 0 spiro atoms. The van der Waals surface area contributed by atoms with Gasteiger partial charge < -0.3 is 14.8 Å². The van der Waals surface area contributed by atoms with Crippen molar-refractivity contribution >= 4 is 17.4 Å². The molecule has 0 aliphatic carbocycles. The Morgan fingerprint density at radius 2 is 1.86 bits per heavy atom. The van der Waals surface area contributed by atoms with Crippen molar-refractivity contribution in [2.75, 3.05) is 7.11 Å². The van der Waals surface area contributed by atoms with E-state index in [1.807, 2.05) is 0 Å². The Morgan fingerprint density at radius 1 is 1.21 bits per heavy atom. The second-order valence-electron chi connectivity index (χ2n) is 7.66. The monoisotopic (exact) mass is 421 g/mol. The van der Waals surface area contributed by atoms with Crippen LogP contribution in [-0.2, 0) is 17.5 Å². The van der Waals surface area contributed by atoms with Crippen molar-refractivity contribution in [2.24, 2.45) is 0 Å². The zero-order valence-corrected chi connectivity index (χ0v) is 17.2. The van der Waals surface area contributed by atoms with Crippen LogP contribution in [0.5, 0.6) is 5.19 Å². The fraction of sp³-hybridized carbons (Fsp3) is 0.625. The van der Waals surface area contributed by atoms with E-state index in [4.69, 9.17) is 9.47 Å². The molecule has 0 aromatic carbocycles. The molecular weight excluding hydrogens is 399 g/mol. The fourth-order valence-electron chi connectivity index (χ4n) is 2.24. The van der Waals surface area contributed by atoms with E-state index in [0.29, 0.717) is 0 Å². The van der Waals surface area contributed by atoms with E-state index in [0.717, 1.165) is 22.1 Å². The lowest BCUT2D eigenvalue weighted by Crippen LogP contribution is -2.48. The minimum Gasteiger partial charge on any atom is -0.472 e. The Morgan fingerprint density at radius 3 is 2.36 bits per heavy atom. The molecule has 8 nitrogen and oxygen atoms in total. The minimum atomic E-state index is -4.63. The van der Waals surface area contributed by atoms with Crippen molar-refractivity contribution in [3.8, 4) is 15.9 Å². The van der Waals surface area contributed by atoms with Gasteiger partial charge in [0.1, 0.15) is 5.60 Å². The molecule has 0 aliphatic heterocycles. The molecule has 28 heavy (non-hydrogen) atoms. The predicted octanol–water partition coefficient (Wildman–Crippen LogP) is 3.73. The van der Waals surface area contributed by atoms with Gasteiger partial charge in [-0.15, -0.1) is 5.10 Å². The van der Waals surface area contributed by atoms with Gasteiger partial charge in [-0.3, -0.25) is 4.68 Å². The van der Waals surface area contributed by atoms with Gasteiger partial charge in [-0.2, -0.15) is 18.3 Å². The molecule has 1 amide bonds. The van der Waals surface area contributed by atoms with E-state index in [-0.39, 0.29) is 22.4 Å². The van der Waals surface area contributed by atoms with Crippen LogP contribution in [0.25, 0.3) is 10.7 Å². The third kappa shape index (κ3) is 5.81. The van der Waals surface area contributed by atoms with Crippen LogP contribution in [0.1, 0.15) is 40.3 Å². The van der Waals surface area contributed by atoms with Gasteiger partial charge in [0.05, 0.1) is 24.9 Å². The number of ether oxygens (including phenoxy) is 2. The molecule has 2 aromatic rings. The molecule has 0 atom stereocenters. The molecule has 12 heteroatoms. The molecule has 2 aromatic heterocycles. The molecule has 2 heterocycles. The maximum absolute atomic E-state index is 13.2. The van der Waals surface area contributed by atoms with Crippen molar-refractivity contribution < 1.29 is 27.4 Å². The topological polar surface area (TPSA) is 91.2 Å². The number of nitrogens with zero attached hydrogens (tertiary/aromatic N) is 4. The predicted molar refractivity (Wildman–Crippen MR) is 96.1 cm³/mol. The second kappa shape index (κ2) is 7.57. The van der Waals surface area contributed by atoms with Gasteiger partial charge in [-0.05, 0) is 40.7 Å². The van der Waals surface area contributed by atoms with E-state index >= 15 is 0 Å². The van der Waals surface area contributed by atoms with E-state index < -0.39 is 29.1 Å². The van der Waals surface area contributed by atoms with Gasteiger partial charge in [0.25, 0.3) is 5.19 Å². The maximum Gasteiger partial charge on any atom is 0.435 e. The van der Waals surface area contributed by atoms with Gasteiger partial charge in [-0.25, -0.2) is 4.79 Å². The zero-order valence-electron chi connectivity index (χ0n) is 16.3. The van der Waals surface area contributed by atoms with Crippen LogP contribution in [0.4, 0.5) is 18.0 Å². The van der Waals surface area contributed by atoms with Crippen molar-refractivity contribution in [1.82, 2.24) is 25.3 Å². The third-order valence-corrected chi connectivity index (χ3v) is 4.16. The number of methoxy groups -OCH3 is 1. The van der Waals surface area contributed by atoms with Crippen molar-refractivity contribution in [3.05, 3.63) is 11.8 Å². The molecule has 0 saturated heterocycles. The number of carbonyl (C=O) groups is 1. The smallest absolute Gasteiger partial charge is 0.435 e. The molecule has 0 bridgehead atoms. The standard InChI is InChI=1S/C16H22F3N5O3S/c1-14(2,3)27-12(25)20-15(4,5)8-24-9(7-10(23-24)16(17,18)19)11-21-22-13(26-6)28-11/h7H,8H2,1-6H3,(H,20,25). The number of amides is 1. The summed E-state index contributed by atoms with van der Waals surface area (Å²) in [7, 11) is 1.39. The summed E-state index contributed by atoms with van der Waals surface area (Å²) >= 11 is 0.987. The zero-order chi connectivity index (χ0) is 21.3. The van der Waals surface area contributed by atoms with Gasteiger partial charge in [0, 0.05) is 0 Å². The van der Waals surface area contributed by atoms with Crippen molar-refractivity contribution in [2.45, 2.75) is 58.5 Å².